The SMILES string of the molecule is C=CCN(C)C(=O)N(CC)CC. The zero-order chi connectivity index (χ0) is 9.56. The molecule has 0 aliphatic carbocycles. The number of amides is 2. The molecule has 0 rings (SSSR count). The zero-order valence-electron chi connectivity index (χ0n) is 8.21. The lowest BCUT2D eigenvalue weighted by atomic mass is 10.5. The first-order valence-corrected chi connectivity index (χ1v) is 4.28. The van der Waals surface area contributed by atoms with E-state index in [4.69, 9.17) is 0 Å². The molecule has 0 aromatic rings. The first-order chi connectivity index (χ1) is 5.67. The number of hydrogen-bond donors (Lipinski definition) is 0. The number of urea groups is 1. The van der Waals surface area contributed by atoms with Gasteiger partial charge in [0.05, 0.1) is 0 Å². The third-order valence-corrected chi connectivity index (χ3v) is 1.76. The van der Waals surface area contributed by atoms with Crippen LogP contribution < -0.4 is 0 Å². The maximum Gasteiger partial charge on any atom is 0.320 e. The summed E-state index contributed by atoms with van der Waals surface area (Å²) in [6, 6.07) is 0.0694. The second-order valence-corrected chi connectivity index (χ2v) is 2.62. The fraction of sp³-hybridized carbons (Fsp3) is 0.667. The van der Waals surface area contributed by atoms with Gasteiger partial charge in [0.25, 0.3) is 0 Å². The van der Waals surface area contributed by atoms with E-state index in [-0.39, 0.29) is 6.03 Å². The van der Waals surface area contributed by atoms with Gasteiger partial charge in [0.15, 0.2) is 0 Å². The minimum atomic E-state index is 0.0694. The van der Waals surface area contributed by atoms with Crippen molar-refractivity contribution in [3.05, 3.63) is 12.7 Å². The highest BCUT2D eigenvalue weighted by molar-refractivity contribution is 5.74. The summed E-state index contributed by atoms with van der Waals surface area (Å²) in [5.41, 5.74) is 0. The van der Waals surface area contributed by atoms with Gasteiger partial charge in [-0.3, -0.25) is 0 Å². The molecular formula is C9H18N2O. The second-order valence-electron chi connectivity index (χ2n) is 2.62. The minimum Gasteiger partial charge on any atom is -0.325 e. The van der Waals surface area contributed by atoms with Crippen LogP contribution in [0.2, 0.25) is 0 Å². The van der Waals surface area contributed by atoms with Crippen LogP contribution in [0.25, 0.3) is 0 Å². The van der Waals surface area contributed by atoms with Crippen molar-refractivity contribution in [1.82, 2.24) is 9.80 Å². The van der Waals surface area contributed by atoms with Gasteiger partial charge in [-0.25, -0.2) is 4.79 Å². The largest absolute Gasteiger partial charge is 0.325 e. The normalized spacial score (nSPS) is 9.25. The maximum absolute atomic E-state index is 11.5. The molecule has 3 heteroatoms. The van der Waals surface area contributed by atoms with E-state index in [9.17, 15) is 4.79 Å². The van der Waals surface area contributed by atoms with Gasteiger partial charge in [-0.2, -0.15) is 0 Å². The molecule has 70 valence electrons. The highest BCUT2D eigenvalue weighted by atomic mass is 16.2. The Hall–Kier alpha value is -0.990. The fourth-order valence-corrected chi connectivity index (χ4v) is 1.01. The molecule has 0 aliphatic heterocycles. The Morgan fingerprint density at radius 1 is 1.42 bits per heavy atom. The van der Waals surface area contributed by atoms with E-state index in [0.29, 0.717) is 6.54 Å². The van der Waals surface area contributed by atoms with Crippen LogP contribution in [0, 0.1) is 0 Å². The van der Waals surface area contributed by atoms with Gasteiger partial charge in [0.1, 0.15) is 0 Å². The van der Waals surface area contributed by atoms with Gasteiger partial charge in [0, 0.05) is 26.7 Å². The first-order valence-electron chi connectivity index (χ1n) is 4.28. The summed E-state index contributed by atoms with van der Waals surface area (Å²) in [5, 5.41) is 0. The van der Waals surface area contributed by atoms with Crippen LogP contribution in [0.4, 0.5) is 4.79 Å². The van der Waals surface area contributed by atoms with Crippen molar-refractivity contribution in [3.8, 4) is 0 Å². The van der Waals surface area contributed by atoms with Gasteiger partial charge < -0.3 is 9.80 Å². The average Bonchev–Trinajstić information content (AvgIpc) is 2.07. The van der Waals surface area contributed by atoms with Gasteiger partial charge in [-0.1, -0.05) is 6.08 Å². The lowest BCUT2D eigenvalue weighted by Crippen LogP contribution is -2.40. The Morgan fingerprint density at radius 3 is 2.25 bits per heavy atom. The molecule has 3 nitrogen and oxygen atoms in total. The Labute approximate surface area is 74.7 Å². The summed E-state index contributed by atoms with van der Waals surface area (Å²) in [4.78, 5) is 14.9. The molecule has 0 unspecified atom stereocenters. The van der Waals surface area contributed by atoms with E-state index >= 15 is 0 Å². The van der Waals surface area contributed by atoms with Crippen LogP contribution in [0.5, 0.6) is 0 Å². The second kappa shape index (κ2) is 5.63. The van der Waals surface area contributed by atoms with E-state index in [1.54, 1.807) is 22.9 Å². The Morgan fingerprint density at radius 2 is 1.92 bits per heavy atom. The van der Waals surface area contributed by atoms with E-state index in [1.165, 1.54) is 0 Å². The molecule has 0 atom stereocenters. The van der Waals surface area contributed by atoms with Crippen molar-refractivity contribution in [2.45, 2.75) is 13.8 Å². The third kappa shape index (κ3) is 2.95. The highest BCUT2D eigenvalue weighted by Crippen LogP contribution is 1.95. The Balaban J connectivity index is 4.05. The van der Waals surface area contributed by atoms with Crippen molar-refractivity contribution in [3.63, 3.8) is 0 Å². The molecule has 0 N–H and O–H groups in total. The maximum atomic E-state index is 11.5. The summed E-state index contributed by atoms with van der Waals surface area (Å²) in [7, 11) is 1.78. The van der Waals surface area contributed by atoms with Crippen LogP contribution in [-0.4, -0.2) is 42.5 Å². The van der Waals surface area contributed by atoms with Crippen molar-refractivity contribution < 1.29 is 4.79 Å². The fourth-order valence-electron chi connectivity index (χ4n) is 1.01. The van der Waals surface area contributed by atoms with E-state index < -0.39 is 0 Å². The van der Waals surface area contributed by atoms with Crippen LogP contribution in [0.3, 0.4) is 0 Å². The molecule has 0 saturated heterocycles. The van der Waals surface area contributed by atoms with Crippen LogP contribution in [-0.2, 0) is 0 Å². The van der Waals surface area contributed by atoms with E-state index in [2.05, 4.69) is 6.58 Å². The third-order valence-electron chi connectivity index (χ3n) is 1.76. The van der Waals surface area contributed by atoms with Crippen LogP contribution in [0.15, 0.2) is 12.7 Å². The Kier molecular flexibility index (Phi) is 5.17. The van der Waals surface area contributed by atoms with Crippen molar-refractivity contribution in [2.24, 2.45) is 0 Å². The quantitative estimate of drug-likeness (QED) is 0.587. The number of rotatable bonds is 4. The molecule has 0 aromatic carbocycles. The van der Waals surface area contributed by atoms with Crippen LogP contribution in [0.1, 0.15) is 13.8 Å². The van der Waals surface area contributed by atoms with E-state index in [1.807, 2.05) is 13.8 Å². The van der Waals surface area contributed by atoms with Crippen molar-refractivity contribution >= 4 is 6.03 Å². The predicted molar refractivity (Wildman–Crippen MR) is 51.1 cm³/mol. The van der Waals surface area contributed by atoms with E-state index in [0.717, 1.165) is 13.1 Å². The standard InChI is InChI=1S/C9H18N2O/c1-5-8-10(4)9(12)11(6-2)7-3/h5H,1,6-8H2,2-4H3. The lowest BCUT2D eigenvalue weighted by Gasteiger charge is -2.25. The average molecular weight is 170 g/mol. The van der Waals surface area contributed by atoms with Gasteiger partial charge in [-0.15, -0.1) is 6.58 Å². The molecule has 0 aliphatic rings. The summed E-state index contributed by atoms with van der Waals surface area (Å²) in [6.45, 7) is 9.66. The highest BCUT2D eigenvalue weighted by Gasteiger charge is 2.12. The number of likely N-dealkylation sites (N-methyl/N-ethyl adjacent to an activating group) is 1. The molecule has 12 heavy (non-hydrogen) atoms. The zero-order valence-corrected chi connectivity index (χ0v) is 8.21. The van der Waals surface area contributed by atoms with Crippen molar-refractivity contribution in [1.29, 1.82) is 0 Å². The number of carbonyl (C=O) groups is 1. The molecular weight excluding hydrogens is 152 g/mol. The van der Waals surface area contributed by atoms with Crippen LogP contribution >= 0.6 is 0 Å². The first kappa shape index (κ1) is 11.0. The monoisotopic (exact) mass is 170 g/mol. The predicted octanol–water partition coefficient (Wildman–Crippen LogP) is 1.57. The Bertz CT molecular complexity index is 153. The van der Waals surface area contributed by atoms with Gasteiger partial charge >= 0.3 is 6.03 Å². The molecule has 2 amide bonds. The summed E-state index contributed by atoms with van der Waals surface area (Å²) < 4.78 is 0. The number of hydrogen-bond acceptors (Lipinski definition) is 1. The summed E-state index contributed by atoms with van der Waals surface area (Å²) in [5.74, 6) is 0. The van der Waals surface area contributed by atoms with Gasteiger partial charge in [-0.05, 0) is 13.8 Å². The number of nitrogens with zero attached hydrogens (tertiary/aromatic N) is 2. The molecule has 0 saturated carbocycles. The molecule has 0 spiro atoms. The smallest absolute Gasteiger partial charge is 0.320 e. The molecule has 0 bridgehead atoms. The molecule has 0 fully saturated rings. The van der Waals surface area contributed by atoms with Crippen molar-refractivity contribution in [2.75, 3.05) is 26.7 Å². The number of carbonyl (C=O) groups excluding carboxylic acids is 1. The van der Waals surface area contributed by atoms with Gasteiger partial charge in [0.2, 0.25) is 0 Å². The lowest BCUT2D eigenvalue weighted by molar-refractivity contribution is 0.172. The molecule has 0 radical (unpaired) electrons. The summed E-state index contributed by atoms with van der Waals surface area (Å²) in [6.07, 6.45) is 1.72. The minimum absolute atomic E-state index is 0.0694. The molecule has 0 aromatic heterocycles. The molecule has 0 heterocycles. The summed E-state index contributed by atoms with van der Waals surface area (Å²) >= 11 is 0. The topological polar surface area (TPSA) is 23.6 Å².